The molecule has 1 N–H and O–H groups in total. The van der Waals surface area contributed by atoms with Crippen molar-refractivity contribution in [1.82, 2.24) is 10.2 Å². The maximum absolute atomic E-state index is 11.9. The fraction of sp³-hybridized carbons (Fsp3) is 0.200. The number of nitrogens with zero attached hydrogens (tertiary/aromatic N) is 2. The number of fused-ring (bicyclic) bond motifs is 1. The highest BCUT2D eigenvalue weighted by Gasteiger charge is 2.09. The number of carbonyl (C=O) groups is 1. The maximum Gasteiger partial charge on any atom is 0.336 e. The minimum Gasteiger partial charge on any atom is -0.484 e. The van der Waals surface area contributed by atoms with E-state index in [-0.39, 0.29) is 12.5 Å². The Hall–Kier alpha value is -2.39. The summed E-state index contributed by atoms with van der Waals surface area (Å²) in [7, 11) is 0. The van der Waals surface area contributed by atoms with Crippen LogP contribution in [0.3, 0.4) is 0 Å². The van der Waals surface area contributed by atoms with Crippen LogP contribution in [0.15, 0.2) is 37.8 Å². The number of thioether (sulfide) groups is 1. The predicted molar refractivity (Wildman–Crippen MR) is 93.0 cm³/mol. The van der Waals surface area contributed by atoms with E-state index in [1.807, 2.05) is 13.2 Å². The Labute approximate surface area is 145 Å². The van der Waals surface area contributed by atoms with Crippen molar-refractivity contribution in [2.24, 2.45) is 0 Å². The zero-order valence-corrected chi connectivity index (χ0v) is 14.5. The van der Waals surface area contributed by atoms with Gasteiger partial charge in [0.25, 0.3) is 5.91 Å². The van der Waals surface area contributed by atoms with E-state index in [0.29, 0.717) is 16.5 Å². The number of nitrogens with one attached hydrogen (secondary N) is 1. The van der Waals surface area contributed by atoms with Gasteiger partial charge in [-0.3, -0.25) is 10.1 Å². The summed E-state index contributed by atoms with van der Waals surface area (Å²) in [5.74, 6) is 0.0954. The fourth-order valence-electron chi connectivity index (χ4n) is 2.04. The Morgan fingerprint density at radius 3 is 2.96 bits per heavy atom. The van der Waals surface area contributed by atoms with Gasteiger partial charge in [0.05, 0.1) is 0 Å². The van der Waals surface area contributed by atoms with Crippen LogP contribution in [0.5, 0.6) is 5.75 Å². The number of aryl methyl sites for hydroxylation is 1. The Morgan fingerprint density at radius 1 is 1.38 bits per heavy atom. The number of carbonyl (C=O) groups excluding carboxylic acids is 1. The lowest BCUT2D eigenvalue weighted by Gasteiger charge is -2.07. The molecule has 1 aromatic carbocycles. The predicted octanol–water partition coefficient (Wildman–Crippen LogP) is 2.69. The minimum absolute atomic E-state index is 0.185. The van der Waals surface area contributed by atoms with Crippen LogP contribution in [0.4, 0.5) is 5.13 Å². The van der Waals surface area contributed by atoms with Crippen LogP contribution in [0.25, 0.3) is 11.0 Å². The number of benzene rings is 1. The first-order valence-corrected chi connectivity index (χ1v) is 8.94. The Bertz CT molecular complexity index is 951. The molecular weight excluding hydrogens is 350 g/mol. The summed E-state index contributed by atoms with van der Waals surface area (Å²) >= 11 is 2.75. The molecule has 0 saturated heterocycles. The highest BCUT2D eigenvalue weighted by Crippen LogP contribution is 2.24. The van der Waals surface area contributed by atoms with E-state index in [2.05, 4.69) is 15.5 Å². The Kier molecular flexibility index (Phi) is 4.81. The number of ether oxygens (including phenoxy) is 1. The van der Waals surface area contributed by atoms with E-state index in [4.69, 9.17) is 9.15 Å². The molecule has 0 fully saturated rings. The standard InChI is InChI=1S/C15H13N3O4S2/c1-8-5-13(20)22-11-6-9(3-4-10(8)11)21-7-12(19)16-14-17-18-15(23-2)24-14/h3-6H,7H2,1-2H3,(H,16,17,19). The molecule has 0 bridgehead atoms. The molecule has 0 aliphatic heterocycles. The van der Waals surface area contributed by atoms with Crippen LogP contribution in [0.1, 0.15) is 5.56 Å². The molecule has 0 atom stereocenters. The van der Waals surface area contributed by atoms with Crippen LogP contribution in [-0.4, -0.2) is 29.0 Å². The first-order valence-electron chi connectivity index (χ1n) is 6.90. The van der Waals surface area contributed by atoms with Gasteiger partial charge >= 0.3 is 5.63 Å². The summed E-state index contributed by atoms with van der Waals surface area (Å²) < 4.78 is 11.4. The molecule has 0 saturated carbocycles. The van der Waals surface area contributed by atoms with Gasteiger partial charge in [-0.1, -0.05) is 23.1 Å². The summed E-state index contributed by atoms with van der Waals surface area (Å²) in [6, 6.07) is 6.53. The third kappa shape index (κ3) is 3.74. The molecule has 2 aromatic heterocycles. The van der Waals surface area contributed by atoms with Gasteiger partial charge in [0.1, 0.15) is 11.3 Å². The largest absolute Gasteiger partial charge is 0.484 e. The van der Waals surface area contributed by atoms with Crippen LogP contribution >= 0.6 is 23.1 Å². The van der Waals surface area contributed by atoms with Gasteiger partial charge < -0.3 is 9.15 Å². The molecule has 0 aliphatic rings. The number of rotatable bonds is 5. The number of hydrogen-bond acceptors (Lipinski definition) is 8. The van der Waals surface area contributed by atoms with Crippen molar-refractivity contribution >= 4 is 45.1 Å². The Morgan fingerprint density at radius 2 is 2.21 bits per heavy atom. The summed E-state index contributed by atoms with van der Waals surface area (Å²) in [5.41, 5.74) is 0.828. The Balaban J connectivity index is 1.66. The molecule has 2 heterocycles. The van der Waals surface area contributed by atoms with E-state index >= 15 is 0 Å². The molecule has 0 spiro atoms. The minimum atomic E-state index is -0.421. The highest BCUT2D eigenvalue weighted by molar-refractivity contribution is 8.00. The molecule has 124 valence electrons. The second-order valence-corrected chi connectivity index (χ2v) is 6.85. The monoisotopic (exact) mass is 363 g/mol. The molecule has 0 aliphatic carbocycles. The highest BCUT2D eigenvalue weighted by atomic mass is 32.2. The smallest absolute Gasteiger partial charge is 0.336 e. The van der Waals surface area contributed by atoms with E-state index < -0.39 is 5.63 Å². The molecule has 3 aromatic rings. The molecular formula is C15H13N3O4S2. The summed E-state index contributed by atoms with van der Waals surface area (Å²) in [6.45, 7) is 1.65. The lowest BCUT2D eigenvalue weighted by Crippen LogP contribution is -2.20. The summed E-state index contributed by atoms with van der Waals surface area (Å²) in [5, 5.41) is 11.6. The van der Waals surface area contributed by atoms with Gasteiger partial charge in [0, 0.05) is 17.5 Å². The summed E-state index contributed by atoms with van der Waals surface area (Å²) in [4.78, 5) is 23.3. The average molecular weight is 363 g/mol. The normalized spacial score (nSPS) is 10.8. The molecule has 9 heteroatoms. The lowest BCUT2D eigenvalue weighted by molar-refractivity contribution is -0.118. The number of amides is 1. The van der Waals surface area contributed by atoms with Gasteiger partial charge in [0.2, 0.25) is 5.13 Å². The van der Waals surface area contributed by atoms with Gasteiger partial charge in [-0.2, -0.15) is 0 Å². The van der Waals surface area contributed by atoms with Crippen molar-refractivity contribution in [3.63, 3.8) is 0 Å². The van der Waals surface area contributed by atoms with Crippen molar-refractivity contribution in [3.05, 3.63) is 40.2 Å². The van der Waals surface area contributed by atoms with Gasteiger partial charge in [-0.15, -0.1) is 10.2 Å². The fourth-order valence-corrected chi connectivity index (χ4v) is 3.23. The molecule has 1 amide bonds. The molecule has 0 radical (unpaired) electrons. The molecule has 24 heavy (non-hydrogen) atoms. The molecule has 3 rings (SSSR count). The van der Waals surface area contributed by atoms with Crippen molar-refractivity contribution < 1.29 is 13.9 Å². The van der Waals surface area contributed by atoms with E-state index in [1.165, 1.54) is 29.2 Å². The van der Waals surface area contributed by atoms with Crippen LogP contribution in [0.2, 0.25) is 0 Å². The lowest BCUT2D eigenvalue weighted by atomic mass is 10.1. The maximum atomic E-state index is 11.9. The van der Waals surface area contributed by atoms with Crippen LogP contribution in [0, 0.1) is 6.92 Å². The number of anilines is 1. The van der Waals surface area contributed by atoms with Gasteiger partial charge in [0.15, 0.2) is 10.9 Å². The quantitative estimate of drug-likeness (QED) is 0.423. The zero-order chi connectivity index (χ0) is 17.1. The first kappa shape index (κ1) is 16.5. The van der Waals surface area contributed by atoms with Crippen molar-refractivity contribution in [1.29, 1.82) is 0 Å². The third-order valence-electron chi connectivity index (χ3n) is 3.12. The second kappa shape index (κ2) is 7.02. The second-order valence-electron chi connectivity index (χ2n) is 4.82. The average Bonchev–Trinajstić information content (AvgIpc) is 3.00. The van der Waals surface area contributed by atoms with Crippen LogP contribution < -0.4 is 15.7 Å². The van der Waals surface area contributed by atoms with Crippen molar-refractivity contribution in [3.8, 4) is 5.75 Å². The zero-order valence-electron chi connectivity index (χ0n) is 12.9. The number of hydrogen-bond donors (Lipinski definition) is 1. The van der Waals surface area contributed by atoms with E-state index in [1.54, 1.807) is 18.2 Å². The van der Waals surface area contributed by atoms with Gasteiger partial charge in [-0.25, -0.2) is 4.79 Å². The SMILES string of the molecule is CSc1nnc(NC(=O)COc2ccc3c(C)cc(=O)oc3c2)s1. The van der Waals surface area contributed by atoms with Crippen LogP contribution in [-0.2, 0) is 4.79 Å². The molecule has 0 unspecified atom stereocenters. The topological polar surface area (TPSA) is 94.3 Å². The molecule has 7 nitrogen and oxygen atoms in total. The van der Waals surface area contributed by atoms with E-state index in [0.717, 1.165) is 15.3 Å². The third-order valence-corrected chi connectivity index (χ3v) is 4.93. The first-order chi connectivity index (χ1) is 11.5. The van der Waals surface area contributed by atoms with Crippen molar-refractivity contribution in [2.45, 2.75) is 11.3 Å². The van der Waals surface area contributed by atoms with E-state index in [9.17, 15) is 9.59 Å². The summed E-state index contributed by atoms with van der Waals surface area (Å²) in [6.07, 6.45) is 1.88. The number of aromatic nitrogens is 2. The van der Waals surface area contributed by atoms with Gasteiger partial charge in [-0.05, 0) is 30.9 Å². The van der Waals surface area contributed by atoms with Crippen molar-refractivity contribution in [2.75, 3.05) is 18.2 Å².